The van der Waals surface area contributed by atoms with Crippen LogP contribution in [-0.4, -0.2) is 29.7 Å². The van der Waals surface area contributed by atoms with Gasteiger partial charge in [0.05, 0.1) is 31.1 Å². The van der Waals surface area contributed by atoms with E-state index in [9.17, 15) is 4.39 Å². The molecule has 1 aliphatic rings. The van der Waals surface area contributed by atoms with Gasteiger partial charge in [0.25, 0.3) is 0 Å². The maximum absolute atomic E-state index is 13.1. The van der Waals surface area contributed by atoms with Gasteiger partial charge in [0, 0.05) is 23.7 Å². The van der Waals surface area contributed by atoms with Crippen LogP contribution in [0.4, 0.5) is 4.39 Å². The average Bonchev–Trinajstić information content (AvgIpc) is 2.89. The quantitative estimate of drug-likeness (QED) is 0.902. The lowest BCUT2D eigenvalue weighted by molar-refractivity contribution is 0.0768. The normalized spacial score (nSPS) is 19.9. The summed E-state index contributed by atoms with van der Waals surface area (Å²) in [6, 6.07) is 1.58. The highest BCUT2D eigenvalue weighted by Crippen LogP contribution is 2.26. The van der Waals surface area contributed by atoms with E-state index < -0.39 is 0 Å². The number of hydrogen-bond donors (Lipinski definition) is 1. The molecule has 0 aliphatic carbocycles. The minimum atomic E-state index is -0.346. The first-order chi connectivity index (χ1) is 8.83. The molecule has 0 bridgehead atoms. The second kappa shape index (κ2) is 5.09. The number of nitrogens with zero attached hydrogens (tertiary/aromatic N) is 2. The molecule has 1 aliphatic heterocycles. The number of morpholine rings is 1. The van der Waals surface area contributed by atoms with Crippen molar-refractivity contribution in [1.82, 2.24) is 15.3 Å². The van der Waals surface area contributed by atoms with Crippen molar-refractivity contribution in [3.05, 3.63) is 34.7 Å². The van der Waals surface area contributed by atoms with E-state index in [-0.39, 0.29) is 11.9 Å². The van der Waals surface area contributed by atoms with Crippen LogP contribution in [0, 0.1) is 5.82 Å². The van der Waals surface area contributed by atoms with E-state index in [0.717, 1.165) is 23.9 Å². The Kier molecular flexibility index (Phi) is 3.31. The van der Waals surface area contributed by atoms with Crippen LogP contribution in [0.1, 0.15) is 11.0 Å². The summed E-state index contributed by atoms with van der Waals surface area (Å²) in [7, 11) is 0. The summed E-state index contributed by atoms with van der Waals surface area (Å²) in [5, 5.41) is 6.23. The molecule has 0 amide bonds. The summed E-state index contributed by atoms with van der Waals surface area (Å²) in [6.45, 7) is 2.21. The average molecular weight is 265 g/mol. The van der Waals surface area contributed by atoms with Gasteiger partial charge in [-0.25, -0.2) is 9.37 Å². The number of ether oxygens (including phenoxy) is 1. The SMILES string of the molecule is Fc1cncc(-c2csc(C3COCCN3)n2)c1. The minimum Gasteiger partial charge on any atom is -0.378 e. The number of nitrogens with one attached hydrogen (secondary N) is 1. The number of thiazole rings is 1. The van der Waals surface area contributed by atoms with Crippen LogP contribution in [0.15, 0.2) is 23.8 Å². The fraction of sp³-hybridized carbons (Fsp3) is 0.333. The van der Waals surface area contributed by atoms with Gasteiger partial charge in [0.1, 0.15) is 10.8 Å². The van der Waals surface area contributed by atoms with Gasteiger partial charge in [0.15, 0.2) is 0 Å². The van der Waals surface area contributed by atoms with E-state index in [0.29, 0.717) is 12.2 Å². The molecule has 4 nitrogen and oxygen atoms in total. The molecule has 1 unspecified atom stereocenters. The first kappa shape index (κ1) is 11.7. The lowest BCUT2D eigenvalue weighted by Gasteiger charge is -2.21. The Labute approximate surface area is 108 Å². The molecule has 3 rings (SSSR count). The van der Waals surface area contributed by atoms with Gasteiger partial charge in [-0.15, -0.1) is 11.3 Å². The molecular weight excluding hydrogens is 253 g/mol. The molecule has 3 heterocycles. The van der Waals surface area contributed by atoms with E-state index in [4.69, 9.17) is 4.74 Å². The Balaban J connectivity index is 1.84. The molecule has 0 aromatic carbocycles. The predicted molar refractivity (Wildman–Crippen MR) is 66.9 cm³/mol. The molecule has 0 saturated carbocycles. The van der Waals surface area contributed by atoms with Gasteiger partial charge < -0.3 is 10.1 Å². The Bertz CT molecular complexity index is 540. The molecular formula is C12H12FN3OS. The number of aromatic nitrogens is 2. The van der Waals surface area contributed by atoms with Crippen molar-refractivity contribution in [3.8, 4) is 11.3 Å². The highest BCUT2D eigenvalue weighted by Gasteiger charge is 2.19. The lowest BCUT2D eigenvalue weighted by Crippen LogP contribution is -2.34. The highest BCUT2D eigenvalue weighted by atomic mass is 32.1. The molecule has 2 aromatic rings. The van der Waals surface area contributed by atoms with Crippen LogP contribution < -0.4 is 5.32 Å². The van der Waals surface area contributed by atoms with Crippen LogP contribution in [0.25, 0.3) is 11.3 Å². The van der Waals surface area contributed by atoms with Crippen LogP contribution >= 0.6 is 11.3 Å². The van der Waals surface area contributed by atoms with Crippen molar-refractivity contribution < 1.29 is 9.13 Å². The first-order valence-corrected chi connectivity index (χ1v) is 6.58. The van der Waals surface area contributed by atoms with E-state index in [1.807, 2.05) is 5.38 Å². The molecule has 1 atom stereocenters. The zero-order valence-corrected chi connectivity index (χ0v) is 10.4. The van der Waals surface area contributed by atoms with Gasteiger partial charge in [-0.05, 0) is 6.07 Å². The second-order valence-corrected chi connectivity index (χ2v) is 4.93. The van der Waals surface area contributed by atoms with Gasteiger partial charge in [-0.2, -0.15) is 0 Å². The summed E-state index contributed by atoms with van der Waals surface area (Å²) in [6.07, 6.45) is 2.81. The summed E-state index contributed by atoms with van der Waals surface area (Å²) >= 11 is 1.55. The Morgan fingerprint density at radius 2 is 2.39 bits per heavy atom. The molecule has 1 fully saturated rings. The zero-order chi connectivity index (χ0) is 12.4. The molecule has 2 aromatic heterocycles. The maximum atomic E-state index is 13.1. The van der Waals surface area contributed by atoms with Crippen LogP contribution in [0.2, 0.25) is 0 Å². The smallest absolute Gasteiger partial charge is 0.142 e. The Morgan fingerprint density at radius 3 is 3.17 bits per heavy atom. The number of hydrogen-bond acceptors (Lipinski definition) is 5. The minimum absolute atomic E-state index is 0.138. The Hall–Kier alpha value is -1.37. The molecule has 6 heteroatoms. The number of pyridine rings is 1. The second-order valence-electron chi connectivity index (χ2n) is 4.04. The topological polar surface area (TPSA) is 47.0 Å². The van der Waals surface area contributed by atoms with Gasteiger partial charge in [-0.1, -0.05) is 0 Å². The van der Waals surface area contributed by atoms with E-state index in [2.05, 4.69) is 15.3 Å². The van der Waals surface area contributed by atoms with Crippen molar-refractivity contribution >= 4 is 11.3 Å². The third-order valence-corrected chi connectivity index (χ3v) is 3.70. The Morgan fingerprint density at radius 1 is 1.44 bits per heavy atom. The van der Waals surface area contributed by atoms with Crippen molar-refractivity contribution in [2.24, 2.45) is 0 Å². The monoisotopic (exact) mass is 265 g/mol. The standard InChI is InChI=1S/C12H12FN3OS/c13-9-3-8(4-14-5-9)11-7-18-12(16-11)10-6-17-2-1-15-10/h3-5,7,10,15H,1-2,6H2. The molecule has 94 valence electrons. The fourth-order valence-electron chi connectivity index (χ4n) is 1.86. The van der Waals surface area contributed by atoms with E-state index in [1.165, 1.54) is 12.3 Å². The van der Waals surface area contributed by atoms with Gasteiger partial charge in [-0.3, -0.25) is 4.98 Å². The van der Waals surface area contributed by atoms with Crippen molar-refractivity contribution in [3.63, 3.8) is 0 Å². The predicted octanol–water partition coefficient (Wildman–Crippen LogP) is 2.01. The van der Waals surface area contributed by atoms with Crippen molar-refractivity contribution in [1.29, 1.82) is 0 Å². The first-order valence-electron chi connectivity index (χ1n) is 5.70. The summed E-state index contributed by atoms with van der Waals surface area (Å²) in [5.74, 6) is -0.346. The number of rotatable bonds is 2. The highest BCUT2D eigenvalue weighted by molar-refractivity contribution is 7.10. The van der Waals surface area contributed by atoms with Crippen LogP contribution in [-0.2, 0) is 4.74 Å². The van der Waals surface area contributed by atoms with Crippen molar-refractivity contribution in [2.45, 2.75) is 6.04 Å². The van der Waals surface area contributed by atoms with Crippen LogP contribution in [0.5, 0.6) is 0 Å². The molecule has 18 heavy (non-hydrogen) atoms. The summed E-state index contributed by atoms with van der Waals surface area (Å²) < 4.78 is 18.5. The van der Waals surface area contributed by atoms with Gasteiger partial charge >= 0.3 is 0 Å². The summed E-state index contributed by atoms with van der Waals surface area (Å²) in [4.78, 5) is 8.35. The molecule has 0 spiro atoms. The van der Waals surface area contributed by atoms with E-state index >= 15 is 0 Å². The summed E-state index contributed by atoms with van der Waals surface area (Å²) in [5.41, 5.74) is 1.46. The largest absolute Gasteiger partial charge is 0.378 e. The molecule has 0 radical (unpaired) electrons. The third kappa shape index (κ3) is 2.40. The number of halogens is 1. The molecule has 1 N–H and O–H groups in total. The van der Waals surface area contributed by atoms with E-state index in [1.54, 1.807) is 17.5 Å². The molecule has 1 saturated heterocycles. The third-order valence-electron chi connectivity index (χ3n) is 2.74. The lowest BCUT2D eigenvalue weighted by atomic mass is 10.2. The van der Waals surface area contributed by atoms with Crippen molar-refractivity contribution in [2.75, 3.05) is 19.8 Å². The van der Waals surface area contributed by atoms with Gasteiger partial charge in [0.2, 0.25) is 0 Å². The van der Waals surface area contributed by atoms with Crippen LogP contribution in [0.3, 0.4) is 0 Å². The maximum Gasteiger partial charge on any atom is 0.142 e. The zero-order valence-electron chi connectivity index (χ0n) is 9.60. The fourth-order valence-corrected chi connectivity index (χ4v) is 2.74.